The second-order valence-corrected chi connectivity index (χ2v) is 4.17. The molecular weight excluding hydrogens is 230 g/mol. The van der Waals surface area contributed by atoms with Crippen LogP contribution in [-0.4, -0.2) is 21.8 Å². The van der Waals surface area contributed by atoms with Gasteiger partial charge in [0.15, 0.2) is 0 Å². The molecule has 0 saturated heterocycles. The molecule has 0 unspecified atom stereocenters. The fourth-order valence-corrected chi connectivity index (χ4v) is 1.67. The Morgan fingerprint density at radius 2 is 2.22 bits per heavy atom. The first-order valence-corrected chi connectivity index (χ1v) is 5.89. The Balaban J connectivity index is 2.50. The van der Waals surface area contributed by atoms with E-state index in [1.165, 1.54) is 10.6 Å². The highest BCUT2D eigenvalue weighted by Gasteiger charge is 2.12. The van der Waals surface area contributed by atoms with Gasteiger partial charge in [-0.1, -0.05) is 13.0 Å². The molecule has 1 N–H and O–H groups in total. The largest absolute Gasteiger partial charge is 0.352 e. The molecule has 0 radical (unpaired) electrons. The van der Waals surface area contributed by atoms with Crippen molar-refractivity contribution in [1.82, 2.24) is 14.7 Å². The number of carbonyl (C=O) groups excluding carboxylic acids is 1. The van der Waals surface area contributed by atoms with Crippen LogP contribution in [0.1, 0.15) is 29.3 Å². The average molecular weight is 245 g/mol. The molecule has 2 rings (SSSR count). The second kappa shape index (κ2) is 5.00. The summed E-state index contributed by atoms with van der Waals surface area (Å²) in [6, 6.07) is 3.63. The van der Waals surface area contributed by atoms with Crippen molar-refractivity contribution in [3.8, 4) is 0 Å². The number of nitrogens with zero attached hydrogens (tertiary/aromatic N) is 2. The quantitative estimate of drug-likeness (QED) is 0.882. The van der Waals surface area contributed by atoms with E-state index < -0.39 is 0 Å². The van der Waals surface area contributed by atoms with E-state index in [1.54, 1.807) is 12.3 Å². The molecule has 0 aliphatic rings. The Kier molecular flexibility index (Phi) is 3.41. The minimum absolute atomic E-state index is 0.0755. The zero-order chi connectivity index (χ0) is 13.1. The van der Waals surface area contributed by atoms with Gasteiger partial charge in [-0.05, 0) is 25.0 Å². The van der Waals surface area contributed by atoms with Crippen LogP contribution >= 0.6 is 0 Å². The number of aromatic nitrogens is 2. The zero-order valence-corrected chi connectivity index (χ0v) is 10.4. The highest BCUT2D eigenvalue weighted by Crippen LogP contribution is 2.01. The fraction of sp³-hybridized carbons (Fsp3) is 0.308. The highest BCUT2D eigenvalue weighted by atomic mass is 16.2. The lowest BCUT2D eigenvalue weighted by Crippen LogP contribution is -2.32. The van der Waals surface area contributed by atoms with E-state index in [2.05, 4.69) is 10.3 Å². The predicted octanol–water partition coefficient (Wildman–Crippen LogP) is 1.14. The van der Waals surface area contributed by atoms with E-state index in [4.69, 9.17) is 0 Å². The molecule has 18 heavy (non-hydrogen) atoms. The molecule has 2 aromatic heterocycles. The molecule has 94 valence electrons. The summed E-state index contributed by atoms with van der Waals surface area (Å²) in [4.78, 5) is 28.1. The van der Waals surface area contributed by atoms with Gasteiger partial charge in [0, 0.05) is 18.9 Å². The molecule has 0 aromatic carbocycles. The van der Waals surface area contributed by atoms with Crippen LogP contribution in [0.25, 0.3) is 5.65 Å². The number of fused-ring (bicyclic) bond motifs is 1. The highest BCUT2D eigenvalue weighted by molar-refractivity contribution is 5.93. The van der Waals surface area contributed by atoms with Crippen LogP contribution in [0.4, 0.5) is 0 Å². The molecule has 2 aromatic rings. The van der Waals surface area contributed by atoms with Gasteiger partial charge in [-0.3, -0.25) is 14.0 Å². The van der Waals surface area contributed by atoms with Gasteiger partial charge in [0.2, 0.25) is 0 Å². The van der Waals surface area contributed by atoms with Gasteiger partial charge >= 0.3 is 0 Å². The lowest BCUT2D eigenvalue weighted by atomic mass is 10.2. The van der Waals surface area contributed by atoms with E-state index in [9.17, 15) is 9.59 Å². The molecule has 0 saturated carbocycles. The third kappa shape index (κ3) is 2.25. The Morgan fingerprint density at radius 3 is 2.94 bits per heavy atom. The van der Waals surface area contributed by atoms with E-state index in [1.807, 2.05) is 19.9 Å². The summed E-state index contributed by atoms with van der Waals surface area (Å²) in [6.07, 6.45) is 3.84. The Hall–Kier alpha value is -2.17. The van der Waals surface area contributed by atoms with Crippen molar-refractivity contribution in [1.29, 1.82) is 0 Å². The van der Waals surface area contributed by atoms with Gasteiger partial charge in [0.05, 0.1) is 0 Å². The van der Waals surface area contributed by atoms with Crippen molar-refractivity contribution in [3.63, 3.8) is 0 Å². The van der Waals surface area contributed by atoms with Crippen LogP contribution in [0, 0.1) is 6.92 Å². The smallest absolute Gasteiger partial charge is 0.270 e. The maximum atomic E-state index is 12.1. The van der Waals surface area contributed by atoms with E-state index in [0.717, 1.165) is 12.0 Å². The summed E-state index contributed by atoms with van der Waals surface area (Å²) in [7, 11) is 0. The van der Waals surface area contributed by atoms with Crippen molar-refractivity contribution < 1.29 is 4.79 Å². The van der Waals surface area contributed by atoms with E-state index in [-0.39, 0.29) is 17.0 Å². The van der Waals surface area contributed by atoms with Crippen LogP contribution in [0.2, 0.25) is 0 Å². The summed E-state index contributed by atoms with van der Waals surface area (Å²) in [6.45, 7) is 4.39. The first-order chi connectivity index (χ1) is 8.63. The molecule has 5 nitrogen and oxygen atoms in total. The minimum atomic E-state index is -0.370. The number of carbonyl (C=O) groups is 1. The van der Waals surface area contributed by atoms with E-state index in [0.29, 0.717) is 12.2 Å². The summed E-state index contributed by atoms with van der Waals surface area (Å²) in [5, 5.41) is 2.68. The number of nitrogens with one attached hydrogen (secondary N) is 1. The van der Waals surface area contributed by atoms with Gasteiger partial charge in [0.1, 0.15) is 11.2 Å². The third-order valence-electron chi connectivity index (χ3n) is 2.63. The number of aryl methyl sites for hydroxylation is 1. The normalized spacial score (nSPS) is 10.6. The Labute approximate surface area is 104 Å². The van der Waals surface area contributed by atoms with Gasteiger partial charge in [-0.25, -0.2) is 4.98 Å². The first-order valence-electron chi connectivity index (χ1n) is 5.89. The van der Waals surface area contributed by atoms with Crippen LogP contribution in [0.15, 0.2) is 29.3 Å². The van der Waals surface area contributed by atoms with Gasteiger partial charge in [-0.15, -0.1) is 0 Å². The molecule has 0 aliphatic heterocycles. The van der Waals surface area contributed by atoms with Crippen molar-refractivity contribution in [2.24, 2.45) is 0 Å². The van der Waals surface area contributed by atoms with Gasteiger partial charge < -0.3 is 5.32 Å². The number of amides is 1. The number of hydrogen-bond donors (Lipinski definition) is 1. The molecule has 0 fully saturated rings. The molecule has 5 heteroatoms. The second-order valence-electron chi connectivity index (χ2n) is 4.17. The van der Waals surface area contributed by atoms with Crippen molar-refractivity contribution in [3.05, 3.63) is 46.0 Å². The van der Waals surface area contributed by atoms with Crippen LogP contribution in [0.3, 0.4) is 0 Å². The number of hydrogen-bond acceptors (Lipinski definition) is 3. The summed E-state index contributed by atoms with van der Waals surface area (Å²) in [5.41, 5.74) is 1.22. The molecule has 0 atom stereocenters. The van der Waals surface area contributed by atoms with E-state index >= 15 is 0 Å². The summed E-state index contributed by atoms with van der Waals surface area (Å²) < 4.78 is 1.40. The summed E-state index contributed by atoms with van der Waals surface area (Å²) in [5.74, 6) is -0.370. The van der Waals surface area contributed by atoms with Crippen molar-refractivity contribution in [2.45, 2.75) is 20.3 Å². The Morgan fingerprint density at radius 1 is 1.44 bits per heavy atom. The lowest BCUT2D eigenvalue weighted by Gasteiger charge is -2.05. The van der Waals surface area contributed by atoms with Crippen LogP contribution < -0.4 is 10.9 Å². The van der Waals surface area contributed by atoms with Crippen LogP contribution in [0.5, 0.6) is 0 Å². The Bertz CT molecular complexity index is 646. The molecular formula is C13H15N3O2. The van der Waals surface area contributed by atoms with Crippen molar-refractivity contribution in [2.75, 3.05) is 6.54 Å². The standard InChI is InChI=1S/C13H15N3O2/c1-3-6-14-12(17)10-7-15-11-5-4-9(2)8-16(11)13(10)18/h4-5,7-8H,3,6H2,1-2H3,(H,14,17). The SMILES string of the molecule is CCCNC(=O)c1cnc2ccc(C)cn2c1=O. The third-order valence-corrected chi connectivity index (χ3v) is 2.63. The monoisotopic (exact) mass is 245 g/mol. The zero-order valence-electron chi connectivity index (χ0n) is 10.4. The molecule has 0 bridgehead atoms. The molecule has 2 heterocycles. The van der Waals surface area contributed by atoms with Gasteiger partial charge in [0.25, 0.3) is 11.5 Å². The molecule has 0 spiro atoms. The van der Waals surface area contributed by atoms with Crippen LogP contribution in [-0.2, 0) is 0 Å². The first kappa shape index (κ1) is 12.3. The van der Waals surface area contributed by atoms with Crippen molar-refractivity contribution >= 4 is 11.6 Å². The number of rotatable bonds is 3. The molecule has 1 amide bonds. The minimum Gasteiger partial charge on any atom is -0.352 e. The average Bonchev–Trinajstić information content (AvgIpc) is 2.37. The predicted molar refractivity (Wildman–Crippen MR) is 68.8 cm³/mol. The fourth-order valence-electron chi connectivity index (χ4n) is 1.67. The summed E-state index contributed by atoms with van der Waals surface area (Å²) >= 11 is 0. The maximum Gasteiger partial charge on any atom is 0.270 e. The topological polar surface area (TPSA) is 63.5 Å². The number of pyridine rings is 1. The molecule has 0 aliphatic carbocycles. The maximum absolute atomic E-state index is 12.1. The lowest BCUT2D eigenvalue weighted by molar-refractivity contribution is 0.0951. The van der Waals surface area contributed by atoms with Gasteiger partial charge in [-0.2, -0.15) is 0 Å².